The molecule has 140 valence electrons. The molecular formula is C19H31N3O3. The average Bonchev–Trinajstić information content (AvgIpc) is 2.99. The molecule has 1 aromatic heterocycles. The minimum Gasteiger partial charge on any atom is -0.381 e. The maximum absolute atomic E-state index is 12.2. The summed E-state index contributed by atoms with van der Waals surface area (Å²) in [7, 11) is 0. The monoisotopic (exact) mass is 349 g/mol. The van der Waals surface area contributed by atoms with E-state index in [1.165, 1.54) is 11.3 Å². The molecule has 1 amide bonds. The van der Waals surface area contributed by atoms with Gasteiger partial charge in [0, 0.05) is 56.8 Å². The molecule has 25 heavy (non-hydrogen) atoms. The lowest BCUT2D eigenvalue weighted by molar-refractivity contribution is -0.121. The van der Waals surface area contributed by atoms with Gasteiger partial charge in [-0.15, -0.1) is 0 Å². The maximum atomic E-state index is 12.2. The zero-order valence-corrected chi connectivity index (χ0v) is 15.4. The van der Waals surface area contributed by atoms with Crippen LogP contribution >= 0.6 is 0 Å². The summed E-state index contributed by atoms with van der Waals surface area (Å²) < 4.78 is 13.1. The van der Waals surface area contributed by atoms with E-state index in [0.717, 1.165) is 70.7 Å². The van der Waals surface area contributed by atoms with Crippen LogP contribution in [-0.4, -0.2) is 42.1 Å². The van der Waals surface area contributed by atoms with Crippen LogP contribution in [-0.2, 0) is 40.3 Å². The molecule has 2 aliphatic rings. The Kier molecular flexibility index (Phi) is 6.87. The molecule has 0 bridgehead atoms. The zero-order valence-electron chi connectivity index (χ0n) is 15.4. The topological polar surface area (TPSA) is 65.4 Å². The molecule has 6 heteroatoms. The summed E-state index contributed by atoms with van der Waals surface area (Å²) in [6, 6.07) is 0. The van der Waals surface area contributed by atoms with Crippen LogP contribution in [0.1, 0.15) is 56.0 Å². The van der Waals surface area contributed by atoms with Gasteiger partial charge in [0.05, 0.1) is 18.9 Å². The SMILES string of the molecule is CCCn1nc(CCC(=O)NCCC2CCOCC2)c2c1CCOC2. The highest BCUT2D eigenvalue weighted by molar-refractivity contribution is 5.76. The van der Waals surface area contributed by atoms with E-state index in [2.05, 4.69) is 16.9 Å². The summed E-state index contributed by atoms with van der Waals surface area (Å²) in [5.74, 6) is 0.825. The lowest BCUT2D eigenvalue weighted by Gasteiger charge is -2.21. The third-order valence-corrected chi connectivity index (χ3v) is 5.22. The lowest BCUT2D eigenvalue weighted by atomic mass is 9.97. The van der Waals surface area contributed by atoms with Gasteiger partial charge in [0.1, 0.15) is 0 Å². The van der Waals surface area contributed by atoms with Gasteiger partial charge in [-0.1, -0.05) is 6.92 Å². The van der Waals surface area contributed by atoms with Crippen molar-refractivity contribution < 1.29 is 14.3 Å². The van der Waals surface area contributed by atoms with Crippen LogP contribution < -0.4 is 5.32 Å². The van der Waals surface area contributed by atoms with Crippen LogP contribution in [0.15, 0.2) is 0 Å². The molecule has 0 atom stereocenters. The molecule has 0 saturated carbocycles. The average molecular weight is 349 g/mol. The Hall–Kier alpha value is -1.40. The number of nitrogens with one attached hydrogen (secondary N) is 1. The molecule has 2 aliphatic heterocycles. The molecule has 1 aromatic rings. The molecule has 3 rings (SSSR count). The Balaban J connectivity index is 1.45. The van der Waals surface area contributed by atoms with Gasteiger partial charge in [0.15, 0.2) is 0 Å². The van der Waals surface area contributed by atoms with E-state index in [1.54, 1.807) is 0 Å². The Bertz CT molecular complexity index is 565. The molecule has 0 aliphatic carbocycles. The molecule has 1 N–H and O–H groups in total. The van der Waals surface area contributed by atoms with Crippen molar-refractivity contribution in [2.45, 2.75) is 65.0 Å². The molecular weight excluding hydrogens is 318 g/mol. The van der Waals surface area contributed by atoms with Gasteiger partial charge in [-0.25, -0.2) is 0 Å². The van der Waals surface area contributed by atoms with Crippen molar-refractivity contribution in [2.75, 3.05) is 26.4 Å². The van der Waals surface area contributed by atoms with Crippen molar-refractivity contribution in [3.05, 3.63) is 17.0 Å². The van der Waals surface area contributed by atoms with Gasteiger partial charge in [0.2, 0.25) is 5.91 Å². The molecule has 1 saturated heterocycles. The second-order valence-corrected chi connectivity index (χ2v) is 7.09. The third kappa shape index (κ3) is 5.05. The van der Waals surface area contributed by atoms with Gasteiger partial charge in [-0.2, -0.15) is 5.10 Å². The first kappa shape index (κ1) is 18.4. The molecule has 0 unspecified atom stereocenters. The van der Waals surface area contributed by atoms with Gasteiger partial charge in [-0.3, -0.25) is 9.48 Å². The van der Waals surface area contributed by atoms with Crippen LogP contribution in [0.3, 0.4) is 0 Å². The first-order valence-corrected chi connectivity index (χ1v) is 9.77. The first-order valence-electron chi connectivity index (χ1n) is 9.77. The number of hydrogen-bond acceptors (Lipinski definition) is 4. The molecule has 3 heterocycles. The number of rotatable bonds is 8. The minimum atomic E-state index is 0.127. The number of carbonyl (C=O) groups is 1. The maximum Gasteiger partial charge on any atom is 0.220 e. The molecule has 0 spiro atoms. The Morgan fingerprint density at radius 3 is 2.92 bits per heavy atom. The van der Waals surface area contributed by atoms with Crippen molar-refractivity contribution in [3.8, 4) is 0 Å². The first-order chi connectivity index (χ1) is 12.3. The summed E-state index contributed by atoms with van der Waals surface area (Å²) in [5, 5.41) is 7.82. The highest BCUT2D eigenvalue weighted by atomic mass is 16.5. The van der Waals surface area contributed by atoms with E-state index in [1.807, 2.05) is 0 Å². The van der Waals surface area contributed by atoms with Crippen molar-refractivity contribution in [1.82, 2.24) is 15.1 Å². The number of aromatic nitrogens is 2. The fourth-order valence-electron chi connectivity index (χ4n) is 3.75. The predicted octanol–water partition coefficient (Wildman–Crippen LogP) is 2.23. The standard InChI is InChI=1S/C19H31N3O3/c1-2-10-22-18-8-13-25-14-16(18)17(21-22)3-4-19(23)20-9-5-15-6-11-24-12-7-15/h15H,2-14H2,1H3,(H,20,23). The fraction of sp³-hybridized carbons (Fsp3) is 0.789. The van der Waals surface area contributed by atoms with Gasteiger partial charge >= 0.3 is 0 Å². The summed E-state index contributed by atoms with van der Waals surface area (Å²) in [6.07, 6.45) is 6.51. The molecule has 1 fully saturated rings. The van der Waals surface area contributed by atoms with Crippen molar-refractivity contribution in [1.29, 1.82) is 0 Å². The number of carbonyl (C=O) groups excluding carboxylic acids is 1. The van der Waals surface area contributed by atoms with Gasteiger partial charge in [-0.05, 0) is 31.6 Å². The number of aryl methyl sites for hydroxylation is 2. The molecule has 0 radical (unpaired) electrons. The number of nitrogens with zero attached hydrogens (tertiary/aromatic N) is 2. The van der Waals surface area contributed by atoms with Crippen molar-refractivity contribution >= 4 is 5.91 Å². The zero-order chi connectivity index (χ0) is 17.5. The second-order valence-electron chi connectivity index (χ2n) is 7.09. The highest BCUT2D eigenvalue weighted by Gasteiger charge is 2.21. The van der Waals surface area contributed by atoms with E-state index >= 15 is 0 Å². The summed E-state index contributed by atoms with van der Waals surface area (Å²) in [4.78, 5) is 12.2. The number of fused-ring (bicyclic) bond motifs is 1. The van der Waals surface area contributed by atoms with Crippen LogP contribution in [0.25, 0.3) is 0 Å². The largest absolute Gasteiger partial charge is 0.381 e. The van der Waals surface area contributed by atoms with Gasteiger partial charge < -0.3 is 14.8 Å². The Morgan fingerprint density at radius 1 is 1.28 bits per heavy atom. The van der Waals surface area contributed by atoms with Crippen LogP contribution in [0.4, 0.5) is 0 Å². The number of amides is 1. The normalized spacial score (nSPS) is 18.1. The molecule has 0 aromatic carbocycles. The van der Waals surface area contributed by atoms with E-state index in [-0.39, 0.29) is 5.91 Å². The minimum absolute atomic E-state index is 0.127. The van der Waals surface area contributed by atoms with Crippen molar-refractivity contribution in [2.24, 2.45) is 5.92 Å². The fourth-order valence-corrected chi connectivity index (χ4v) is 3.75. The van der Waals surface area contributed by atoms with E-state index in [4.69, 9.17) is 14.6 Å². The highest BCUT2D eigenvalue weighted by Crippen LogP contribution is 2.22. The van der Waals surface area contributed by atoms with E-state index in [9.17, 15) is 4.79 Å². The Morgan fingerprint density at radius 2 is 2.12 bits per heavy atom. The summed E-state index contributed by atoms with van der Waals surface area (Å²) in [5.41, 5.74) is 3.57. The van der Waals surface area contributed by atoms with Crippen molar-refractivity contribution in [3.63, 3.8) is 0 Å². The third-order valence-electron chi connectivity index (χ3n) is 5.22. The van der Waals surface area contributed by atoms with Crippen LogP contribution in [0, 0.1) is 5.92 Å². The Labute approximate surface area is 150 Å². The summed E-state index contributed by atoms with van der Waals surface area (Å²) >= 11 is 0. The second kappa shape index (κ2) is 9.34. The quantitative estimate of drug-likeness (QED) is 0.782. The van der Waals surface area contributed by atoms with Gasteiger partial charge in [0.25, 0.3) is 0 Å². The van der Waals surface area contributed by atoms with E-state index in [0.29, 0.717) is 25.4 Å². The van der Waals surface area contributed by atoms with Crippen LogP contribution in [0.2, 0.25) is 0 Å². The summed E-state index contributed by atoms with van der Waals surface area (Å²) in [6.45, 7) is 7.03. The molecule has 6 nitrogen and oxygen atoms in total. The number of ether oxygens (including phenoxy) is 2. The predicted molar refractivity (Wildman–Crippen MR) is 95.4 cm³/mol. The number of hydrogen-bond donors (Lipinski definition) is 1. The van der Waals surface area contributed by atoms with Crippen LogP contribution in [0.5, 0.6) is 0 Å². The lowest BCUT2D eigenvalue weighted by Crippen LogP contribution is -2.27. The van der Waals surface area contributed by atoms with E-state index < -0.39 is 0 Å². The smallest absolute Gasteiger partial charge is 0.220 e.